The maximum Gasteiger partial charge on any atom is 0.316 e. The van der Waals surface area contributed by atoms with E-state index in [9.17, 15) is 18.6 Å². The summed E-state index contributed by atoms with van der Waals surface area (Å²) >= 11 is 0. The molecule has 1 aromatic rings. The topological polar surface area (TPSA) is 96.3 Å². The van der Waals surface area contributed by atoms with E-state index in [2.05, 4.69) is 0 Å². The summed E-state index contributed by atoms with van der Waals surface area (Å²) in [5, 5.41) is 20.0. The number of phenolic OH excluding ortho intramolecular Hbond substituents is 2. The summed E-state index contributed by atoms with van der Waals surface area (Å²) in [6, 6.07) is 3.21. The van der Waals surface area contributed by atoms with Crippen molar-refractivity contribution in [2.75, 3.05) is 26.3 Å². The number of hydrogen-bond acceptors (Lipinski definition) is 7. The molecule has 8 heteroatoms. The predicted octanol–water partition coefficient (Wildman–Crippen LogP) is 0.0503. The molecule has 2 rings (SSSR count). The average Bonchev–Trinajstić information content (AvgIpc) is 2.33. The van der Waals surface area contributed by atoms with E-state index in [0.29, 0.717) is 26.3 Å². The largest absolute Gasteiger partial charge is 0.508 e. The molecule has 2 N–H and O–H groups in total. The van der Waals surface area contributed by atoms with Gasteiger partial charge in [-0.2, -0.15) is 17.8 Å². The Bertz CT molecular complexity index is 523. The molecule has 1 aliphatic heterocycles. The molecule has 1 fully saturated rings. The van der Waals surface area contributed by atoms with Gasteiger partial charge in [-0.3, -0.25) is 0 Å². The van der Waals surface area contributed by atoms with Crippen molar-refractivity contribution in [3.05, 3.63) is 18.2 Å². The van der Waals surface area contributed by atoms with Crippen LogP contribution in [0.25, 0.3) is 0 Å². The molecule has 1 aliphatic rings. The molecule has 100 valence electrons. The molecule has 0 bridgehead atoms. The molecule has 0 atom stereocenters. The SMILES string of the molecule is O=S(=O)(ON1CCOCC1)c1cc(O)ccc1O. The summed E-state index contributed by atoms with van der Waals surface area (Å²) in [6.07, 6.45) is 0. The van der Waals surface area contributed by atoms with Gasteiger partial charge in [-0.05, 0) is 12.1 Å². The second kappa shape index (κ2) is 5.11. The molecule has 18 heavy (non-hydrogen) atoms. The Kier molecular flexibility index (Phi) is 3.71. The molecule has 1 heterocycles. The highest BCUT2D eigenvalue weighted by Crippen LogP contribution is 2.28. The van der Waals surface area contributed by atoms with Gasteiger partial charge in [-0.15, -0.1) is 0 Å². The van der Waals surface area contributed by atoms with Crippen molar-refractivity contribution in [2.45, 2.75) is 4.90 Å². The van der Waals surface area contributed by atoms with Crippen molar-refractivity contribution < 1.29 is 27.7 Å². The van der Waals surface area contributed by atoms with Gasteiger partial charge in [0, 0.05) is 19.2 Å². The van der Waals surface area contributed by atoms with E-state index < -0.39 is 20.8 Å². The first kappa shape index (κ1) is 13.1. The van der Waals surface area contributed by atoms with Crippen LogP contribution in [-0.4, -0.2) is 50.0 Å². The molecule has 0 amide bonds. The van der Waals surface area contributed by atoms with Crippen LogP contribution in [0.2, 0.25) is 0 Å². The maximum atomic E-state index is 11.9. The second-order valence-electron chi connectivity index (χ2n) is 3.72. The van der Waals surface area contributed by atoms with Gasteiger partial charge in [0.25, 0.3) is 0 Å². The summed E-state index contributed by atoms with van der Waals surface area (Å²) in [5.41, 5.74) is 0. The molecule has 0 saturated carbocycles. The van der Waals surface area contributed by atoms with Crippen molar-refractivity contribution in [1.82, 2.24) is 5.06 Å². The lowest BCUT2D eigenvalue weighted by Crippen LogP contribution is -2.37. The highest BCUT2D eigenvalue weighted by molar-refractivity contribution is 7.86. The lowest BCUT2D eigenvalue weighted by Gasteiger charge is -2.24. The zero-order valence-electron chi connectivity index (χ0n) is 9.44. The molecule has 0 radical (unpaired) electrons. The summed E-state index contributed by atoms with van der Waals surface area (Å²) < 4.78 is 33.7. The van der Waals surface area contributed by atoms with Crippen LogP contribution in [0.5, 0.6) is 11.5 Å². The number of nitrogens with zero attached hydrogens (tertiary/aromatic N) is 1. The highest BCUT2D eigenvalue weighted by atomic mass is 32.2. The summed E-state index contributed by atoms with van der Waals surface area (Å²) in [7, 11) is -4.15. The molecule has 0 unspecified atom stereocenters. The Labute approximate surface area is 104 Å². The Hall–Kier alpha value is -1.35. The Balaban J connectivity index is 2.21. The van der Waals surface area contributed by atoms with Gasteiger partial charge in [0.05, 0.1) is 13.2 Å². The van der Waals surface area contributed by atoms with E-state index in [4.69, 9.17) is 9.02 Å². The number of benzene rings is 1. The minimum absolute atomic E-state index is 0.267. The fraction of sp³-hybridized carbons (Fsp3) is 0.400. The Morgan fingerprint density at radius 1 is 1.22 bits per heavy atom. The van der Waals surface area contributed by atoms with E-state index >= 15 is 0 Å². The number of aromatic hydroxyl groups is 2. The molecule has 7 nitrogen and oxygen atoms in total. The van der Waals surface area contributed by atoms with E-state index in [1.165, 1.54) is 11.1 Å². The minimum atomic E-state index is -4.15. The summed E-state index contributed by atoms with van der Waals surface area (Å²) in [4.78, 5) is -0.464. The van der Waals surface area contributed by atoms with E-state index in [-0.39, 0.29) is 5.75 Å². The Morgan fingerprint density at radius 2 is 1.89 bits per heavy atom. The van der Waals surface area contributed by atoms with Crippen LogP contribution in [-0.2, 0) is 19.1 Å². The summed E-state index contributed by atoms with van der Waals surface area (Å²) in [5.74, 6) is -0.738. The van der Waals surface area contributed by atoms with Crippen LogP contribution in [0, 0.1) is 0 Å². The monoisotopic (exact) mass is 275 g/mol. The fourth-order valence-corrected chi connectivity index (χ4v) is 2.60. The normalized spacial score (nSPS) is 17.8. The lowest BCUT2D eigenvalue weighted by atomic mass is 10.3. The van der Waals surface area contributed by atoms with Gasteiger partial charge >= 0.3 is 10.1 Å². The van der Waals surface area contributed by atoms with E-state index in [1.54, 1.807) is 0 Å². The van der Waals surface area contributed by atoms with Gasteiger partial charge in [-0.25, -0.2) is 0 Å². The van der Waals surface area contributed by atoms with Crippen LogP contribution in [0.1, 0.15) is 0 Å². The standard InChI is InChI=1S/C10H13NO6S/c12-8-1-2-9(13)10(7-8)18(14,15)17-11-3-5-16-6-4-11/h1-2,7,12-13H,3-6H2. The first-order valence-corrected chi connectivity index (χ1v) is 6.69. The van der Waals surface area contributed by atoms with Gasteiger partial charge in [0.1, 0.15) is 16.4 Å². The first-order valence-electron chi connectivity index (χ1n) is 5.28. The number of morpholine rings is 1. The third-order valence-corrected chi connectivity index (χ3v) is 3.66. The highest BCUT2D eigenvalue weighted by Gasteiger charge is 2.25. The number of rotatable bonds is 3. The molecular formula is C10H13NO6S. The number of hydrogen-bond donors (Lipinski definition) is 2. The lowest BCUT2D eigenvalue weighted by molar-refractivity contribution is -0.113. The van der Waals surface area contributed by atoms with Gasteiger partial charge in [0.2, 0.25) is 0 Å². The van der Waals surface area contributed by atoms with Crippen LogP contribution in [0.4, 0.5) is 0 Å². The second-order valence-corrected chi connectivity index (χ2v) is 5.22. The fourth-order valence-electron chi connectivity index (χ4n) is 1.50. The predicted molar refractivity (Wildman–Crippen MR) is 60.4 cm³/mol. The number of ether oxygens (including phenoxy) is 1. The van der Waals surface area contributed by atoms with E-state index in [0.717, 1.165) is 12.1 Å². The smallest absolute Gasteiger partial charge is 0.316 e. The van der Waals surface area contributed by atoms with Gasteiger partial charge < -0.3 is 14.9 Å². The molecule has 0 aromatic heterocycles. The van der Waals surface area contributed by atoms with Crippen molar-refractivity contribution in [3.63, 3.8) is 0 Å². The van der Waals surface area contributed by atoms with Crippen molar-refractivity contribution in [2.24, 2.45) is 0 Å². The third kappa shape index (κ3) is 2.91. The van der Waals surface area contributed by atoms with Gasteiger partial charge in [-0.1, -0.05) is 0 Å². The van der Waals surface area contributed by atoms with Crippen molar-refractivity contribution in [1.29, 1.82) is 0 Å². The van der Waals surface area contributed by atoms with Crippen LogP contribution in [0.15, 0.2) is 23.1 Å². The zero-order valence-corrected chi connectivity index (χ0v) is 10.3. The zero-order chi connectivity index (χ0) is 13.2. The van der Waals surface area contributed by atoms with E-state index in [1.807, 2.05) is 0 Å². The maximum absolute atomic E-state index is 11.9. The number of phenols is 2. The van der Waals surface area contributed by atoms with Gasteiger partial charge in [0.15, 0.2) is 0 Å². The quantitative estimate of drug-likeness (QED) is 0.752. The first-order chi connectivity index (χ1) is 8.49. The molecule has 1 saturated heterocycles. The van der Waals surface area contributed by atoms with Crippen LogP contribution < -0.4 is 0 Å². The van der Waals surface area contributed by atoms with Crippen molar-refractivity contribution in [3.8, 4) is 11.5 Å². The van der Waals surface area contributed by atoms with Crippen molar-refractivity contribution >= 4 is 10.1 Å². The number of hydroxylamine groups is 2. The molecule has 0 aliphatic carbocycles. The molecule has 1 aromatic carbocycles. The average molecular weight is 275 g/mol. The Morgan fingerprint density at radius 3 is 2.56 bits per heavy atom. The molecule has 0 spiro atoms. The third-order valence-electron chi connectivity index (χ3n) is 2.39. The van der Waals surface area contributed by atoms with Crippen LogP contribution in [0.3, 0.4) is 0 Å². The summed E-state index contributed by atoms with van der Waals surface area (Å²) in [6.45, 7) is 1.39. The minimum Gasteiger partial charge on any atom is -0.508 e. The molecular weight excluding hydrogens is 262 g/mol. The van der Waals surface area contributed by atoms with Crippen LogP contribution >= 0.6 is 0 Å².